The Balaban J connectivity index is 1.58. The lowest BCUT2D eigenvalue weighted by Gasteiger charge is -2.17. The van der Waals surface area contributed by atoms with Crippen LogP contribution >= 0.6 is 11.6 Å². The van der Waals surface area contributed by atoms with Crippen molar-refractivity contribution in [2.24, 2.45) is 0 Å². The van der Waals surface area contributed by atoms with Gasteiger partial charge in [0.05, 0.1) is 6.04 Å². The molecule has 2 aromatic carbocycles. The van der Waals surface area contributed by atoms with Crippen LogP contribution in [-0.4, -0.2) is 11.9 Å². The van der Waals surface area contributed by atoms with Crippen LogP contribution in [0, 0.1) is 0 Å². The second-order valence-corrected chi connectivity index (χ2v) is 6.26. The first kappa shape index (κ1) is 16.0. The summed E-state index contributed by atoms with van der Waals surface area (Å²) in [6.45, 7) is 1.99. The minimum absolute atomic E-state index is 0.00492. The van der Waals surface area contributed by atoms with Gasteiger partial charge in [-0.2, -0.15) is 0 Å². The highest BCUT2D eigenvalue weighted by Gasteiger charge is 2.30. The number of hydrogen-bond donors (Lipinski definition) is 3. The molecule has 3 N–H and O–H groups in total. The lowest BCUT2D eigenvalue weighted by molar-refractivity contribution is -0.123. The van der Waals surface area contributed by atoms with Gasteiger partial charge >= 0.3 is 0 Å². The molecule has 0 radical (unpaired) electrons. The molecule has 1 heterocycles. The Morgan fingerprint density at radius 2 is 1.83 bits per heavy atom. The fraction of sp³-hybridized carbons (Fsp3) is 0.278. The van der Waals surface area contributed by atoms with Gasteiger partial charge in [-0.05, 0) is 36.6 Å². The Bertz CT molecular complexity index is 660. The van der Waals surface area contributed by atoms with Gasteiger partial charge in [0.15, 0.2) is 0 Å². The van der Waals surface area contributed by atoms with E-state index >= 15 is 0 Å². The zero-order chi connectivity index (χ0) is 16.2. The smallest absolute Gasteiger partial charge is 0.239 e. The molecule has 4 nitrogen and oxygen atoms in total. The van der Waals surface area contributed by atoms with Crippen LogP contribution in [0.5, 0.6) is 0 Å². The highest BCUT2D eigenvalue weighted by molar-refractivity contribution is 6.30. The number of rotatable bonds is 4. The molecule has 1 saturated heterocycles. The summed E-state index contributed by atoms with van der Waals surface area (Å²) < 4.78 is 0. The van der Waals surface area contributed by atoms with Crippen LogP contribution in [0.2, 0.25) is 5.02 Å². The Kier molecular flexibility index (Phi) is 4.96. The molecule has 1 fully saturated rings. The van der Waals surface area contributed by atoms with E-state index in [4.69, 9.17) is 11.6 Å². The van der Waals surface area contributed by atoms with Gasteiger partial charge in [0.25, 0.3) is 0 Å². The molecule has 3 atom stereocenters. The molecule has 0 aromatic heterocycles. The van der Waals surface area contributed by atoms with Crippen molar-refractivity contribution in [3.8, 4) is 0 Å². The zero-order valence-corrected chi connectivity index (χ0v) is 13.7. The molecule has 3 unspecified atom stereocenters. The SMILES string of the molecule is CC(NC(=O)C1CC(c2ccc(Cl)cc2)NN1)c1ccccc1. The molecular formula is C18H20ClN3O. The molecular weight excluding hydrogens is 310 g/mol. The summed E-state index contributed by atoms with van der Waals surface area (Å²) in [6.07, 6.45) is 0.703. The van der Waals surface area contributed by atoms with Crippen LogP contribution in [0.4, 0.5) is 0 Å². The molecule has 2 aromatic rings. The van der Waals surface area contributed by atoms with Crippen molar-refractivity contribution in [2.45, 2.75) is 31.5 Å². The Morgan fingerprint density at radius 1 is 1.13 bits per heavy atom. The van der Waals surface area contributed by atoms with Gasteiger partial charge in [0.1, 0.15) is 6.04 Å². The molecule has 1 aliphatic heterocycles. The largest absolute Gasteiger partial charge is 0.348 e. The summed E-state index contributed by atoms with van der Waals surface area (Å²) in [5, 5.41) is 3.77. The Labute approximate surface area is 141 Å². The van der Waals surface area contributed by atoms with Crippen LogP contribution in [0.15, 0.2) is 54.6 Å². The van der Waals surface area contributed by atoms with Crippen molar-refractivity contribution in [1.29, 1.82) is 0 Å². The third-order valence-corrected chi connectivity index (χ3v) is 4.40. The quantitative estimate of drug-likeness (QED) is 0.808. The number of nitrogens with one attached hydrogen (secondary N) is 3. The third kappa shape index (κ3) is 3.91. The lowest BCUT2D eigenvalue weighted by Crippen LogP contribution is -2.43. The summed E-state index contributed by atoms with van der Waals surface area (Å²) in [6, 6.07) is 17.5. The average molecular weight is 330 g/mol. The minimum atomic E-state index is -0.248. The summed E-state index contributed by atoms with van der Waals surface area (Å²) in [5.41, 5.74) is 8.48. The molecule has 120 valence electrons. The first-order chi connectivity index (χ1) is 11.1. The van der Waals surface area contributed by atoms with Gasteiger partial charge < -0.3 is 5.32 Å². The number of carbonyl (C=O) groups excluding carboxylic acids is 1. The summed E-state index contributed by atoms with van der Waals surface area (Å²) in [5.74, 6) is 0.00492. The zero-order valence-electron chi connectivity index (χ0n) is 12.9. The van der Waals surface area contributed by atoms with Crippen molar-refractivity contribution >= 4 is 17.5 Å². The lowest BCUT2D eigenvalue weighted by atomic mass is 10.0. The maximum atomic E-state index is 12.4. The van der Waals surface area contributed by atoms with Gasteiger partial charge in [-0.25, -0.2) is 10.9 Å². The Morgan fingerprint density at radius 3 is 2.52 bits per heavy atom. The third-order valence-electron chi connectivity index (χ3n) is 4.15. The molecule has 0 spiro atoms. The predicted molar refractivity (Wildman–Crippen MR) is 91.9 cm³/mol. The van der Waals surface area contributed by atoms with Gasteiger partial charge in [-0.15, -0.1) is 0 Å². The monoisotopic (exact) mass is 329 g/mol. The number of benzene rings is 2. The number of halogens is 1. The van der Waals surface area contributed by atoms with E-state index in [0.29, 0.717) is 11.4 Å². The van der Waals surface area contributed by atoms with Crippen LogP contribution in [0.1, 0.15) is 36.6 Å². The summed E-state index contributed by atoms with van der Waals surface area (Å²) in [7, 11) is 0. The van der Waals surface area contributed by atoms with E-state index in [9.17, 15) is 4.79 Å². The molecule has 3 rings (SSSR count). The molecule has 0 saturated carbocycles. The second kappa shape index (κ2) is 7.13. The van der Waals surface area contributed by atoms with Crippen molar-refractivity contribution in [3.63, 3.8) is 0 Å². The van der Waals surface area contributed by atoms with Crippen molar-refractivity contribution in [1.82, 2.24) is 16.2 Å². The maximum Gasteiger partial charge on any atom is 0.239 e. The van der Waals surface area contributed by atoms with E-state index < -0.39 is 0 Å². The fourth-order valence-electron chi connectivity index (χ4n) is 2.78. The van der Waals surface area contributed by atoms with E-state index in [0.717, 1.165) is 11.1 Å². The van der Waals surface area contributed by atoms with E-state index in [1.54, 1.807) is 0 Å². The van der Waals surface area contributed by atoms with E-state index in [1.165, 1.54) is 0 Å². The molecule has 0 aliphatic carbocycles. The molecule has 0 bridgehead atoms. The topological polar surface area (TPSA) is 53.2 Å². The summed E-state index contributed by atoms with van der Waals surface area (Å²) in [4.78, 5) is 12.4. The number of hydrogen-bond acceptors (Lipinski definition) is 3. The minimum Gasteiger partial charge on any atom is -0.348 e. The fourth-order valence-corrected chi connectivity index (χ4v) is 2.91. The van der Waals surface area contributed by atoms with Crippen molar-refractivity contribution in [2.75, 3.05) is 0 Å². The maximum absolute atomic E-state index is 12.4. The normalized spacial score (nSPS) is 21.8. The van der Waals surface area contributed by atoms with Gasteiger partial charge in [0.2, 0.25) is 5.91 Å². The van der Waals surface area contributed by atoms with Crippen LogP contribution in [0.3, 0.4) is 0 Å². The van der Waals surface area contributed by atoms with Crippen molar-refractivity contribution < 1.29 is 4.79 Å². The molecule has 1 aliphatic rings. The van der Waals surface area contributed by atoms with Gasteiger partial charge in [-0.1, -0.05) is 54.1 Å². The highest BCUT2D eigenvalue weighted by Crippen LogP contribution is 2.24. The van der Waals surface area contributed by atoms with E-state index in [-0.39, 0.29) is 24.0 Å². The first-order valence-corrected chi connectivity index (χ1v) is 8.13. The summed E-state index contributed by atoms with van der Waals surface area (Å²) >= 11 is 5.91. The standard InChI is InChI=1S/C18H20ClN3O/c1-12(13-5-3-2-4-6-13)20-18(23)17-11-16(21-22-17)14-7-9-15(19)10-8-14/h2-10,12,16-17,21-22H,11H2,1H3,(H,20,23). The van der Waals surface area contributed by atoms with Crippen LogP contribution in [-0.2, 0) is 4.79 Å². The average Bonchev–Trinajstić information content (AvgIpc) is 3.06. The molecule has 1 amide bonds. The van der Waals surface area contributed by atoms with Gasteiger partial charge in [0, 0.05) is 11.1 Å². The Hall–Kier alpha value is -1.88. The molecule has 5 heteroatoms. The van der Waals surface area contributed by atoms with Gasteiger partial charge in [-0.3, -0.25) is 4.79 Å². The first-order valence-electron chi connectivity index (χ1n) is 7.75. The number of hydrazine groups is 1. The number of amides is 1. The highest BCUT2D eigenvalue weighted by atomic mass is 35.5. The van der Waals surface area contributed by atoms with Crippen molar-refractivity contribution in [3.05, 3.63) is 70.7 Å². The molecule has 23 heavy (non-hydrogen) atoms. The van der Waals surface area contributed by atoms with Crippen LogP contribution in [0.25, 0.3) is 0 Å². The van der Waals surface area contributed by atoms with E-state index in [2.05, 4.69) is 16.2 Å². The second-order valence-electron chi connectivity index (χ2n) is 5.82. The van der Waals surface area contributed by atoms with Crippen LogP contribution < -0.4 is 16.2 Å². The number of carbonyl (C=O) groups is 1. The van der Waals surface area contributed by atoms with E-state index in [1.807, 2.05) is 61.5 Å². The predicted octanol–water partition coefficient (Wildman–Crippen LogP) is 3.13.